The topological polar surface area (TPSA) is 49.5 Å². The highest BCUT2D eigenvalue weighted by Gasteiger charge is 2.43. The van der Waals surface area contributed by atoms with Crippen molar-refractivity contribution >= 4 is 0 Å². The van der Waals surface area contributed by atoms with Gasteiger partial charge < -0.3 is 10.8 Å². The molecule has 0 amide bonds. The standard InChI is InChI=1S/C12H24N2O/c1-11(2)5-3-7-14(11)10-4-6-12(13,8-10)9-15/h10,15H,3-9,13H2,1-2H3. The van der Waals surface area contributed by atoms with Gasteiger partial charge in [-0.1, -0.05) is 0 Å². The zero-order valence-corrected chi connectivity index (χ0v) is 10.00. The quantitative estimate of drug-likeness (QED) is 0.721. The molecule has 2 fully saturated rings. The average molecular weight is 212 g/mol. The number of nitrogens with two attached hydrogens (primary N) is 1. The van der Waals surface area contributed by atoms with E-state index < -0.39 is 0 Å². The van der Waals surface area contributed by atoms with Crippen molar-refractivity contribution in [1.82, 2.24) is 4.90 Å². The van der Waals surface area contributed by atoms with Crippen molar-refractivity contribution in [3.05, 3.63) is 0 Å². The van der Waals surface area contributed by atoms with Crippen LogP contribution in [0.1, 0.15) is 46.0 Å². The number of rotatable bonds is 2. The molecule has 0 bridgehead atoms. The fraction of sp³-hybridized carbons (Fsp3) is 1.00. The van der Waals surface area contributed by atoms with Gasteiger partial charge in [0.1, 0.15) is 0 Å². The summed E-state index contributed by atoms with van der Waals surface area (Å²) in [5.41, 5.74) is 6.16. The third kappa shape index (κ3) is 2.05. The molecule has 3 heteroatoms. The van der Waals surface area contributed by atoms with Crippen molar-refractivity contribution in [2.75, 3.05) is 13.2 Å². The van der Waals surface area contributed by atoms with Crippen LogP contribution >= 0.6 is 0 Å². The van der Waals surface area contributed by atoms with E-state index in [0.717, 1.165) is 19.3 Å². The molecule has 1 aliphatic heterocycles. The van der Waals surface area contributed by atoms with E-state index in [1.807, 2.05) is 0 Å². The fourth-order valence-corrected chi connectivity index (χ4v) is 3.34. The molecule has 2 aliphatic rings. The van der Waals surface area contributed by atoms with Gasteiger partial charge in [-0.15, -0.1) is 0 Å². The average Bonchev–Trinajstić information content (AvgIpc) is 2.70. The summed E-state index contributed by atoms with van der Waals surface area (Å²) in [7, 11) is 0. The second-order valence-electron chi connectivity index (χ2n) is 6.03. The smallest absolute Gasteiger partial charge is 0.0611 e. The molecule has 0 aromatic heterocycles. The monoisotopic (exact) mass is 212 g/mol. The molecule has 2 unspecified atom stereocenters. The summed E-state index contributed by atoms with van der Waals surface area (Å²) >= 11 is 0. The van der Waals surface area contributed by atoms with Crippen LogP contribution in [0.2, 0.25) is 0 Å². The number of aliphatic hydroxyl groups is 1. The highest BCUT2D eigenvalue weighted by molar-refractivity contribution is 5.01. The Morgan fingerprint density at radius 2 is 2.13 bits per heavy atom. The minimum absolute atomic E-state index is 0.137. The van der Waals surface area contributed by atoms with Crippen molar-refractivity contribution in [3.63, 3.8) is 0 Å². The van der Waals surface area contributed by atoms with E-state index in [1.54, 1.807) is 0 Å². The molecule has 1 saturated heterocycles. The summed E-state index contributed by atoms with van der Waals surface area (Å²) in [6.45, 7) is 6.00. The van der Waals surface area contributed by atoms with E-state index in [0.29, 0.717) is 11.6 Å². The maximum Gasteiger partial charge on any atom is 0.0611 e. The van der Waals surface area contributed by atoms with E-state index in [4.69, 9.17) is 5.73 Å². The maximum atomic E-state index is 9.27. The Bertz CT molecular complexity index is 242. The molecule has 0 spiro atoms. The largest absolute Gasteiger partial charge is 0.394 e. The minimum Gasteiger partial charge on any atom is -0.394 e. The minimum atomic E-state index is -0.302. The second-order valence-corrected chi connectivity index (χ2v) is 6.03. The van der Waals surface area contributed by atoms with Gasteiger partial charge in [-0.2, -0.15) is 0 Å². The van der Waals surface area contributed by atoms with Crippen LogP contribution in [-0.4, -0.2) is 40.3 Å². The van der Waals surface area contributed by atoms with E-state index in [-0.39, 0.29) is 12.1 Å². The molecule has 3 nitrogen and oxygen atoms in total. The van der Waals surface area contributed by atoms with E-state index in [1.165, 1.54) is 19.4 Å². The van der Waals surface area contributed by atoms with E-state index in [9.17, 15) is 5.11 Å². The first-order valence-corrected chi connectivity index (χ1v) is 6.13. The Hall–Kier alpha value is -0.120. The lowest BCUT2D eigenvalue weighted by Gasteiger charge is -2.37. The van der Waals surface area contributed by atoms with Gasteiger partial charge in [-0.05, 0) is 52.5 Å². The van der Waals surface area contributed by atoms with Crippen LogP contribution in [0.3, 0.4) is 0 Å². The zero-order valence-electron chi connectivity index (χ0n) is 10.00. The van der Waals surface area contributed by atoms with Gasteiger partial charge >= 0.3 is 0 Å². The van der Waals surface area contributed by atoms with Crippen LogP contribution in [0, 0.1) is 0 Å². The SMILES string of the molecule is CC1(C)CCCN1C1CCC(N)(CO)C1. The van der Waals surface area contributed by atoms with Crippen LogP contribution in [-0.2, 0) is 0 Å². The van der Waals surface area contributed by atoms with Gasteiger partial charge in [-0.25, -0.2) is 0 Å². The first kappa shape index (κ1) is 11.4. The molecule has 1 saturated carbocycles. The van der Waals surface area contributed by atoms with Crippen molar-refractivity contribution in [3.8, 4) is 0 Å². The maximum absolute atomic E-state index is 9.27. The number of hydrogen-bond donors (Lipinski definition) is 2. The van der Waals surface area contributed by atoms with Crippen LogP contribution < -0.4 is 5.73 Å². The zero-order chi connectivity index (χ0) is 11.1. The van der Waals surface area contributed by atoms with Crippen molar-refractivity contribution in [1.29, 1.82) is 0 Å². The summed E-state index contributed by atoms with van der Waals surface area (Å²) in [4.78, 5) is 2.61. The van der Waals surface area contributed by atoms with E-state index >= 15 is 0 Å². The molecule has 2 rings (SSSR count). The Morgan fingerprint density at radius 1 is 1.40 bits per heavy atom. The van der Waals surface area contributed by atoms with Gasteiger partial charge in [-0.3, -0.25) is 4.90 Å². The number of hydrogen-bond acceptors (Lipinski definition) is 3. The number of likely N-dealkylation sites (tertiary alicyclic amines) is 1. The lowest BCUT2D eigenvalue weighted by molar-refractivity contribution is 0.108. The highest BCUT2D eigenvalue weighted by Crippen LogP contribution is 2.38. The summed E-state index contributed by atoms with van der Waals surface area (Å²) in [5, 5.41) is 9.27. The third-order valence-corrected chi connectivity index (χ3v) is 4.34. The highest BCUT2D eigenvalue weighted by atomic mass is 16.3. The summed E-state index contributed by atoms with van der Waals surface area (Å²) in [6.07, 6.45) is 5.69. The molecular formula is C12H24N2O. The Morgan fingerprint density at radius 3 is 2.60 bits per heavy atom. The van der Waals surface area contributed by atoms with Crippen molar-refractivity contribution < 1.29 is 5.11 Å². The Balaban J connectivity index is 2.02. The molecule has 1 aliphatic carbocycles. The van der Waals surface area contributed by atoms with E-state index in [2.05, 4.69) is 18.7 Å². The molecular weight excluding hydrogens is 188 g/mol. The van der Waals surface area contributed by atoms with Gasteiger partial charge in [0.15, 0.2) is 0 Å². The summed E-state index contributed by atoms with van der Waals surface area (Å²) in [5.74, 6) is 0. The summed E-state index contributed by atoms with van der Waals surface area (Å²) < 4.78 is 0. The first-order chi connectivity index (χ1) is 6.97. The molecule has 3 N–H and O–H groups in total. The molecule has 88 valence electrons. The Kier molecular flexibility index (Phi) is 2.82. The molecule has 0 aromatic rings. The van der Waals surface area contributed by atoms with Gasteiger partial charge in [0.2, 0.25) is 0 Å². The van der Waals surface area contributed by atoms with Crippen LogP contribution in [0.5, 0.6) is 0 Å². The number of aliphatic hydroxyl groups excluding tert-OH is 1. The van der Waals surface area contributed by atoms with Gasteiger partial charge in [0.25, 0.3) is 0 Å². The van der Waals surface area contributed by atoms with Crippen LogP contribution in [0.25, 0.3) is 0 Å². The van der Waals surface area contributed by atoms with Gasteiger partial charge in [0, 0.05) is 17.1 Å². The van der Waals surface area contributed by atoms with Crippen LogP contribution in [0.15, 0.2) is 0 Å². The van der Waals surface area contributed by atoms with Gasteiger partial charge in [0.05, 0.1) is 6.61 Å². The molecule has 0 aromatic carbocycles. The lowest BCUT2D eigenvalue weighted by atomic mass is 9.97. The fourth-order valence-electron chi connectivity index (χ4n) is 3.34. The second kappa shape index (κ2) is 3.72. The molecule has 1 heterocycles. The van der Waals surface area contributed by atoms with Crippen molar-refractivity contribution in [2.24, 2.45) is 5.73 Å². The predicted molar refractivity (Wildman–Crippen MR) is 61.7 cm³/mol. The molecule has 15 heavy (non-hydrogen) atoms. The molecule has 0 radical (unpaired) electrons. The van der Waals surface area contributed by atoms with Crippen LogP contribution in [0.4, 0.5) is 0 Å². The molecule has 2 atom stereocenters. The third-order valence-electron chi connectivity index (χ3n) is 4.34. The van der Waals surface area contributed by atoms with Crippen molar-refractivity contribution in [2.45, 2.75) is 63.1 Å². The number of nitrogens with zero attached hydrogens (tertiary/aromatic N) is 1. The normalized spacial score (nSPS) is 41.2. The first-order valence-electron chi connectivity index (χ1n) is 6.13. The summed E-state index contributed by atoms with van der Waals surface area (Å²) in [6, 6.07) is 0.597. The lowest BCUT2D eigenvalue weighted by Crippen LogP contribution is -2.47. The Labute approximate surface area is 92.6 Å². The predicted octanol–water partition coefficient (Wildman–Crippen LogP) is 1.10.